The van der Waals surface area contributed by atoms with Crippen LogP contribution in [0.1, 0.15) is 56.2 Å². The highest BCUT2D eigenvalue weighted by molar-refractivity contribution is 7.11. The van der Waals surface area contributed by atoms with Crippen LogP contribution in [0, 0.1) is 6.92 Å². The van der Waals surface area contributed by atoms with E-state index < -0.39 is 0 Å². The number of hydrogen-bond acceptors (Lipinski definition) is 2. The van der Waals surface area contributed by atoms with E-state index in [1.807, 2.05) is 11.3 Å². The van der Waals surface area contributed by atoms with Gasteiger partial charge in [-0.1, -0.05) is 12.8 Å². The summed E-state index contributed by atoms with van der Waals surface area (Å²) in [6.07, 6.45) is 6.64. The zero-order valence-electron chi connectivity index (χ0n) is 11.8. The van der Waals surface area contributed by atoms with Crippen molar-refractivity contribution in [2.75, 3.05) is 6.54 Å². The molecule has 0 atom stereocenters. The Morgan fingerprint density at radius 3 is 2.35 bits per heavy atom. The van der Waals surface area contributed by atoms with Crippen LogP contribution in [-0.2, 0) is 6.42 Å². The molecule has 0 spiro atoms. The highest BCUT2D eigenvalue weighted by Crippen LogP contribution is 2.17. The summed E-state index contributed by atoms with van der Waals surface area (Å²) in [4.78, 5) is 2.99. The van der Waals surface area contributed by atoms with Crippen molar-refractivity contribution in [3.8, 4) is 0 Å². The minimum atomic E-state index is 0.272. The zero-order chi connectivity index (χ0) is 12.7. The van der Waals surface area contributed by atoms with E-state index in [0.717, 1.165) is 6.54 Å². The number of aryl methyl sites for hydroxylation is 2. The Labute approximate surface area is 111 Å². The molecular weight excluding hydrogens is 226 g/mol. The van der Waals surface area contributed by atoms with Crippen molar-refractivity contribution in [3.05, 3.63) is 21.9 Å². The summed E-state index contributed by atoms with van der Waals surface area (Å²) in [6.45, 7) is 10.0. The molecule has 1 rings (SSSR count). The smallest absolute Gasteiger partial charge is 0.00965 e. The lowest BCUT2D eigenvalue weighted by Crippen LogP contribution is -2.36. The van der Waals surface area contributed by atoms with Gasteiger partial charge in [0.05, 0.1) is 0 Å². The first-order chi connectivity index (χ1) is 7.97. The molecule has 1 N–H and O–H groups in total. The van der Waals surface area contributed by atoms with Crippen molar-refractivity contribution in [1.29, 1.82) is 0 Å². The van der Waals surface area contributed by atoms with Crippen LogP contribution in [0.25, 0.3) is 0 Å². The largest absolute Gasteiger partial charge is 0.312 e. The van der Waals surface area contributed by atoms with Gasteiger partial charge in [-0.3, -0.25) is 0 Å². The molecule has 0 aliphatic heterocycles. The predicted octanol–water partition coefficient (Wildman–Crippen LogP) is 4.55. The Balaban J connectivity index is 1.95. The molecule has 0 unspecified atom stereocenters. The Hall–Kier alpha value is -0.340. The fourth-order valence-electron chi connectivity index (χ4n) is 1.86. The fraction of sp³-hybridized carbons (Fsp3) is 0.733. The average Bonchev–Trinajstić information content (AvgIpc) is 2.61. The van der Waals surface area contributed by atoms with Gasteiger partial charge in [0.15, 0.2) is 0 Å². The molecule has 1 nitrogen and oxygen atoms in total. The van der Waals surface area contributed by atoms with Crippen LogP contribution in [0.15, 0.2) is 12.1 Å². The van der Waals surface area contributed by atoms with Gasteiger partial charge in [-0.15, -0.1) is 11.3 Å². The maximum atomic E-state index is 3.54. The Kier molecular flexibility index (Phi) is 6.21. The maximum absolute atomic E-state index is 3.54. The monoisotopic (exact) mass is 253 g/mol. The summed E-state index contributed by atoms with van der Waals surface area (Å²) >= 11 is 1.95. The van der Waals surface area contributed by atoms with Crippen LogP contribution in [0.2, 0.25) is 0 Å². The molecule has 1 aromatic heterocycles. The molecule has 0 aliphatic carbocycles. The zero-order valence-corrected chi connectivity index (χ0v) is 12.6. The van der Waals surface area contributed by atoms with Gasteiger partial charge in [0, 0.05) is 15.3 Å². The summed E-state index contributed by atoms with van der Waals surface area (Å²) in [6, 6.07) is 4.51. The second-order valence-corrected chi connectivity index (χ2v) is 7.23. The third-order valence-corrected chi connectivity index (χ3v) is 3.86. The molecule has 1 heterocycles. The average molecular weight is 253 g/mol. The molecule has 0 amide bonds. The van der Waals surface area contributed by atoms with E-state index in [1.54, 1.807) is 4.88 Å². The van der Waals surface area contributed by atoms with Crippen molar-refractivity contribution in [1.82, 2.24) is 5.32 Å². The molecule has 0 bridgehead atoms. The van der Waals surface area contributed by atoms with Gasteiger partial charge in [-0.05, 0) is 65.6 Å². The second kappa shape index (κ2) is 7.17. The molecule has 17 heavy (non-hydrogen) atoms. The summed E-state index contributed by atoms with van der Waals surface area (Å²) in [5, 5.41) is 3.54. The van der Waals surface area contributed by atoms with Gasteiger partial charge >= 0.3 is 0 Å². The first kappa shape index (κ1) is 14.7. The van der Waals surface area contributed by atoms with Crippen LogP contribution in [0.3, 0.4) is 0 Å². The van der Waals surface area contributed by atoms with Crippen LogP contribution in [0.4, 0.5) is 0 Å². The Bertz CT molecular complexity index is 309. The number of nitrogens with one attached hydrogen (secondary N) is 1. The number of rotatable bonds is 7. The van der Waals surface area contributed by atoms with E-state index in [0.29, 0.717) is 0 Å². The SMILES string of the molecule is Cc1ccc(CCCCCCNC(C)(C)C)s1. The van der Waals surface area contributed by atoms with Crippen molar-refractivity contribution < 1.29 is 0 Å². The minimum Gasteiger partial charge on any atom is -0.312 e. The normalized spacial score (nSPS) is 12.0. The quantitative estimate of drug-likeness (QED) is 0.703. The number of unbranched alkanes of at least 4 members (excludes halogenated alkanes) is 3. The summed E-state index contributed by atoms with van der Waals surface area (Å²) in [7, 11) is 0. The molecule has 0 saturated carbocycles. The first-order valence-corrected chi connectivity index (χ1v) is 7.59. The van der Waals surface area contributed by atoms with E-state index in [-0.39, 0.29) is 5.54 Å². The molecule has 1 aromatic rings. The second-order valence-electron chi connectivity index (χ2n) is 5.85. The lowest BCUT2D eigenvalue weighted by atomic mass is 10.1. The summed E-state index contributed by atoms with van der Waals surface area (Å²) < 4.78 is 0. The van der Waals surface area contributed by atoms with Gasteiger partial charge in [-0.25, -0.2) is 0 Å². The first-order valence-electron chi connectivity index (χ1n) is 6.78. The summed E-state index contributed by atoms with van der Waals surface area (Å²) in [5.74, 6) is 0. The van der Waals surface area contributed by atoms with Crippen LogP contribution in [0.5, 0.6) is 0 Å². The van der Waals surface area contributed by atoms with Gasteiger partial charge in [0.25, 0.3) is 0 Å². The third kappa shape index (κ3) is 7.56. The van der Waals surface area contributed by atoms with E-state index in [1.165, 1.54) is 37.0 Å². The summed E-state index contributed by atoms with van der Waals surface area (Å²) in [5.41, 5.74) is 0.272. The van der Waals surface area contributed by atoms with Crippen molar-refractivity contribution in [2.24, 2.45) is 0 Å². The van der Waals surface area contributed by atoms with Crippen molar-refractivity contribution >= 4 is 11.3 Å². The van der Waals surface area contributed by atoms with E-state index >= 15 is 0 Å². The Morgan fingerprint density at radius 1 is 1.06 bits per heavy atom. The molecule has 98 valence electrons. The Morgan fingerprint density at radius 2 is 1.76 bits per heavy atom. The fourth-order valence-corrected chi connectivity index (χ4v) is 2.79. The highest BCUT2D eigenvalue weighted by Gasteiger charge is 2.06. The van der Waals surface area contributed by atoms with Crippen LogP contribution < -0.4 is 5.32 Å². The van der Waals surface area contributed by atoms with Crippen molar-refractivity contribution in [2.45, 2.75) is 65.3 Å². The topological polar surface area (TPSA) is 12.0 Å². The minimum absolute atomic E-state index is 0.272. The number of hydrogen-bond donors (Lipinski definition) is 1. The highest BCUT2D eigenvalue weighted by atomic mass is 32.1. The van der Waals surface area contributed by atoms with E-state index in [9.17, 15) is 0 Å². The molecule has 0 fully saturated rings. The van der Waals surface area contributed by atoms with Gasteiger partial charge < -0.3 is 5.32 Å². The number of thiophene rings is 1. The van der Waals surface area contributed by atoms with Gasteiger partial charge in [0.1, 0.15) is 0 Å². The lowest BCUT2D eigenvalue weighted by molar-refractivity contribution is 0.416. The predicted molar refractivity (Wildman–Crippen MR) is 79.0 cm³/mol. The lowest BCUT2D eigenvalue weighted by Gasteiger charge is -2.20. The third-order valence-electron chi connectivity index (χ3n) is 2.80. The molecule has 0 radical (unpaired) electrons. The standard InChI is InChI=1S/C15H27NS/c1-13-10-11-14(17-13)9-7-5-6-8-12-16-15(2,3)4/h10-11,16H,5-9,12H2,1-4H3. The molecular formula is C15H27NS. The molecule has 0 aromatic carbocycles. The maximum Gasteiger partial charge on any atom is 0.00965 e. The van der Waals surface area contributed by atoms with Crippen LogP contribution >= 0.6 is 11.3 Å². The van der Waals surface area contributed by atoms with Crippen molar-refractivity contribution in [3.63, 3.8) is 0 Å². The van der Waals surface area contributed by atoms with Gasteiger partial charge in [-0.2, -0.15) is 0 Å². The van der Waals surface area contributed by atoms with E-state index in [2.05, 4.69) is 45.1 Å². The molecule has 2 heteroatoms. The molecule has 0 aliphatic rings. The van der Waals surface area contributed by atoms with E-state index in [4.69, 9.17) is 0 Å². The van der Waals surface area contributed by atoms with Gasteiger partial charge in [0.2, 0.25) is 0 Å². The molecule has 0 saturated heterocycles. The van der Waals surface area contributed by atoms with Crippen LogP contribution in [-0.4, -0.2) is 12.1 Å².